The van der Waals surface area contributed by atoms with Crippen LogP contribution in [-0.2, 0) is 16.2 Å². The lowest BCUT2D eigenvalue weighted by Crippen LogP contribution is -2.41. The Morgan fingerprint density at radius 2 is 1.25 bits per heavy atom. The minimum absolute atomic E-state index is 0.0309. The molecule has 196 valence electrons. The summed E-state index contributed by atoms with van der Waals surface area (Å²) < 4.78 is 5.78. The summed E-state index contributed by atoms with van der Waals surface area (Å²) in [7, 11) is 0. The third kappa shape index (κ3) is 3.71. The van der Waals surface area contributed by atoms with E-state index >= 15 is 0 Å². The van der Waals surface area contributed by atoms with Crippen LogP contribution in [-0.4, -0.2) is 28.0 Å². The van der Waals surface area contributed by atoms with Crippen molar-refractivity contribution in [1.82, 2.24) is 5.01 Å². The first-order chi connectivity index (χ1) is 19.5. The van der Waals surface area contributed by atoms with Gasteiger partial charge in [0.1, 0.15) is 12.4 Å². The lowest BCUT2D eigenvalue weighted by Gasteiger charge is -2.45. The third-order valence-corrected chi connectivity index (χ3v) is 8.18. The number of nitro benzene ring substituents is 1. The first kappa shape index (κ1) is 24.0. The van der Waals surface area contributed by atoms with Crippen molar-refractivity contribution in [3.63, 3.8) is 0 Å². The number of hydrogen-bond donors (Lipinski definition) is 0. The summed E-state index contributed by atoms with van der Waals surface area (Å²) in [4.78, 5) is 37.7. The largest absolute Gasteiger partial charge is 0.489 e. The molecule has 2 atom stereocenters. The molecule has 8 heteroatoms. The van der Waals surface area contributed by atoms with Crippen LogP contribution in [0.3, 0.4) is 0 Å². The summed E-state index contributed by atoms with van der Waals surface area (Å²) in [5.74, 6) is -1.15. The molecule has 8 rings (SSSR count). The second-order valence-corrected chi connectivity index (χ2v) is 10.3. The molecule has 3 aliphatic carbocycles. The third-order valence-electron chi connectivity index (χ3n) is 8.18. The SMILES string of the molecule is O=C1[C@H]2C3c4ccccc4C(c4ccccc43)[C@@H]2C(=O)N1/N=C\c1ccc(OCc2ccc([N+](=O)[O-])cc2)cc1. The van der Waals surface area contributed by atoms with Crippen molar-refractivity contribution in [3.8, 4) is 5.75 Å². The molecule has 0 saturated carbocycles. The Labute approximate surface area is 229 Å². The molecule has 4 aromatic carbocycles. The van der Waals surface area contributed by atoms with Gasteiger partial charge in [-0.2, -0.15) is 10.1 Å². The number of imide groups is 1. The van der Waals surface area contributed by atoms with Crippen LogP contribution in [0.5, 0.6) is 5.75 Å². The Hall–Kier alpha value is -5.11. The molecule has 1 saturated heterocycles. The van der Waals surface area contributed by atoms with Gasteiger partial charge in [0.15, 0.2) is 0 Å². The summed E-state index contributed by atoms with van der Waals surface area (Å²) in [5.41, 5.74) is 6.07. The maximum Gasteiger partial charge on any atom is 0.269 e. The zero-order chi connectivity index (χ0) is 27.4. The Morgan fingerprint density at radius 3 is 1.73 bits per heavy atom. The van der Waals surface area contributed by atoms with E-state index in [0.29, 0.717) is 11.3 Å². The first-order valence-corrected chi connectivity index (χ1v) is 13.1. The van der Waals surface area contributed by atoms with Gasteiger partial charge in [0.05, 0.1) is 23.0 Å². The number of rotatable bonds is 6. The van der Waals surface area contributed by atoms with Gasteiger partial charge in [-0.1, -0.05) is 48.5 Å². The van der Waals surface area contributed by atoms with Gasteiger partial charge in [-0.05, 0) is 69.8 Å². The van der Waals surface area contributed by atoms with Gasteiger partial charge in [0.2, 0.25) is 0 Å². The van der Waals surface area contributed by atoms with Crippen molar-refractivity contribution in [3.05, 3.63) is 141 Å². The van der Waals surface area contributed by atoms with E-state index in [1.165, 1.54) is 18.3 Å². The van der Waals surface area contributed by atoms with E-state index in [0.717, 1.165) is 32.8 Å². The van der Waals surface area contributed by atoms with Crippen LogP contribution in [0.2, 0.25) is 0 Å². The fourth-order valence-electron chi connectivity index (χ4n) is 6.43. The van der Waals surface area contributed by atoms with Gasteiger partial charge in [0, 0.05) is 24.0 Å². The minimum Gasteiger partial charge on any atom is -0.489 e. The van der Waals surface area contributed by atoms with E-state index in [1.807, 2.05) is 24.3 Å². The normalized spacial score (nSPS) is 22.2. The number of hydrazone groups is 1. The quantitative estimate of drug-likeness (QED) is 0.144. The Bertz CT molecular complexity index is 1580. The number of ether oxygens (including phenoxy) is 1. The monoisotopic (exact) mass is 529 g/mol. The summed E-state index contributed by atoms with van der Waals surface area (Å²) in [5, 5.41) is 16.2. The lowest BCUT2D eigenvalue weighted by molar-refractivity contribution is -0.384. The second-order valence-electron chi connectivity index (χ2n) is 10.3. The van der Waals surface area contributed by atoms with Crippen LogP contribution < -0.4 is 4.74 Å². The average molecular weight is 530 g/mol. The molecule has 0 aromatic heterocycles. The molecule has 8 nitrogen and oxygen atoms in total. The first-order valence-electron chi connectivity index (χ1n) is 13.1. The van der Waals surface area contributed by atoms with Crippen molar-refractivity contribution >= 4 is 23.7 Å². The number of hydrogen-bond acceptors (Lipinski definition) is 6. The van der Waals surface area contributed by atoms with Crippen LogP contribution in [0, 0.1) is 22.0 Å². The predicted octanol–water partition coefficient (Wildman–Crippen LogP) is 5.40. The van der Waals surface area contributed by atoms with E-state index in [2.05, 4.69) is 29.4 Å². The van der Waals surface area contributed by atoms with Crippen LogP contribution in [0.4, 0.5) is 5.69 Å². The molecule has 1 fully saturated rings. The molecule has 0 N–H and O–H groups in total. The molecule has 0 unspecified atom stereocenters. The van der Waals surface area contributed by atoms with Crippen molar-refractivity contribution in [2.45, 2.75) is 18.4 Å². The van der Waals surface area contributed by atoms with Crippen LogP contribution in [0.15, 0.2) is 102 Å². The molecular formula is C32H23N3O5. The Kier molecular flexibility index (Phi) is 5.55. The van der Waals surface area contributed by atoms with E-state index in [4.69, 9.17) is 4.74 Å². The molecule has 2 bridgehead atoms. The highest BCUT2D eigenvalue weighted by Gasteiger charge is 2.61. The van der Waals surface area contributed by atoms with Crippen molar-refractivity contribution < 1.29 is 19.2 Å². The minimum atomic E-state index is -0.463. The lowest BCUT2D eigenvalue weighted by atomic mass is 9.55. The van der Waals surface area contributed by atoms with Gasteiger partial charge in [0.25, 0.3) is 17.5 Å². The van der Waals surface area contributed by atoms with Crippen molar-refractivity contribution in [2.75, 3.05) is 0 Å². The van der Waals surface area contributed by atoms with Gasteiger partial charge in [-0.25, -0.2) is 0 Å². The highest BCUT2D eigenvalue weighted by Crippen LogP contribution is 2.60. The molecule has 0 radical (unpaired) electrons. The summed E-state index contributed by atoms with van der Waals surface area (Å²) in [6.45, 7) is 0.262. The van der Waals surface area contributed by atoms with Crippen molar-refractivity contribution in [2.24, 2.45) is 16.9 Å². The molecule has 2 amide bonds. The molecule has 1 heterocycles. The summed E-state index contributed by atoms with van der Waals surface area (Å²) >= 11 is 0. The number of carbonyl (C=O) groups excluding carboxylic acids is 2. The highest BCUT2D eigenvalue weighted by atomic mass is 16.6. The van der Waals surface area contributed by atoms with Gasteiger partial charge in [-0.15, -0.1) is 0 Å². The fourth-order valence-corrected chi connectivity index (χ4v) is 6.43. The van der Waals surface area contributed by atoms with E-state index < -0.39 is 16.8 Å². The van der Waals surface area contributed by atoms with Crippen LogP contribution >= 0.6 is 0 Å². The molecule has 1 aliphatic heterocycles. The second kappa shape index (κ2) is 9.27. The fraction of sp³-hybridized carbons (Fsp3) is 0.156. The maximum atomic E-state index is 13.6. The molecular weight excluding hydrogens is 506 g/mol. The van der Waals surface area contributed by atoms with Gasteiger partial charge < -0.3 is 4.74 Å². The molecule has 4 aliphatic rings. The standard InChI is InChI=1S/C32H23N3O5/c36-31-29-27-23-5-1-2-6-24(23)28(26-8-4-3-7-25(26)27)30(29)32(37)34(31)33-17-19-11-15-22(16-12-19)40-18-20-9-13-21(14-10-20)35(38)39/h1-17,27-30H,18H2/b33-17-/t27?,28?,29-,30-/m0/s1. The average Bonchev–Trinajstić information content (AvgIpc) is 3.25. The summed E-state index contributed by atoms with van der Waals surface area (Å²) in [6, 6.07) is 29.6. The van der Waals surface area contributed by atoms with Crippen molar-refractivity contribution in [1.29, 1.82) is 0 Å². The van der Waals surface area contributed by atoms with E-state index in [9.17, 15) is 19.7 Å². The Morgan fingerprint density at radius 1 is 0.750 bits per heavy atom. The Balaban J connectivity index is 1.09. The number of nitro groups is 1. The van der Waals surface area contributed by atoms with Gasteiger partial charge >= 0.3 is 0 Å². The molecule has 40 heavy (non-hydrogen) atoms. The number of benzene rings is 4. The number of amides is 2. The number of nitrogens with zero attached hydrogens (tertiary/aromatic N) is 3. The maximum absolute atomic E-state index is 13.6. The van der Waals surface area contributed by atoms with Crippen LogP contribution in [0.1, 0.15) is 45.2 Å². The smallest absolute Gasteiger partial charge is 0.269 e. The van der Waals surface area contributed by atoms with Crippen LogP contribution in [0.25, 0.3) is 0 Å². The summed E-state index contributed by atoms with van der Waals surface area (Å²) in [6.07, 6.45) is 1.52. The zero-order valence-electron chi connectivity index (χ0n) is 21.2. The topological polar surface area (TPSA) is 102 Å². The number of non-ortho nitro benzene ring substituents is 1. The molecule has 0 spiro atoms. The molecule has 4 aromatic rings. The van der Waals surface area contributed by atoms with E-state index in [-0.39, 0.29) is 35.9 Å². The van der Waals surface area contributed by atoms with Gasteiger partial charge in [-0.3, -0.25) is 19.7 Å². The zero-order valence-corrected chi connectivity index (χ0v) is 21.2. The predicted molar refractivity (Wildman–Crippen MR) is 147 cm³/mol. The number of carbonyl (C=O) groups is 2. The highest BCUT2D eigenvalue weighted by molar-refractivity contribution is 6.08. The van der Waals surface area contributed by atoms with E-state index in [1.54, 1.807) is 36.4 Å².